The zero-order chi connectivity index (χ0) is 13.1. The highest BCUT2D eigenvalue weighted by atomic mass is 16.5. The summed E-state index contributed by atoms with van der Waals surface area (Å²) in [6, 6.07) is 8.89. The van der Waals surface area contributed by atoms with Gasteiger partial charge in [0.25, 0.3) is 0 Å². The van der Waals surface area contributed by atoms with Gasteiger partial charge in [-0.2, -0.15) is 0 Å². The largest absolute Gasteiger partial charge is 0.490 e. The fourth-order valence-electron chi connectivity index (χ4n) is 3.22. The van der Waals surface area contributed by atoms with E-state index in [9.17, 15) is 0 Å². The standard InChI is InChI=1S/C17H25NO/c1-2-18-12-14-4-3-5-17(14)13-6-8-15(9-7-13)19-16-10-11-16/h6-9,14,16-18H,2-5,10-12H2,1H3. The third-order valence-electron chi connectivity index (χ3n) is 4.45. The van der Waals surface area contributed by atoms with Crippen LogP contribution >= 0.6 is 0 Å². The lowest BCUT2D eigenvalue weighted by molar-refractivity contribution is 0.303. The predicted octanol–water partition coefficient (Wildman–Crippen LogP) is 3.72. The minimum absolute atomic E-state index is 0.499. The Balaban J connectivity index is 1.63. The molecule has 2 saturated carbocycles. The first kappa shape index (κ1) is 13.0. The lowest BCUT2D eigenvalue weighted by Gasteiger charge is -2.20. The maximum absolute atomic E-state index is 5.82. The van der Waals surface area contributed by atoms with Gasteiger partial charge in [0.05, 0.1) is 6.10 Å². The average molecular weight is 259 g/mol. The summed E-state index contributed by atoms with van der Waals surface area (Å²) >= 11 is 0. The molecule has 0 radical (unpaired) electrons. The fraction of sp³-hybridized carbons (Fsp3) is 0.647. The molecular weight excluding hydrogens is 234 g/mol. The van der Waals surface area contributed by atoms with Crippen LogP contribution in [0.3, 0.4) is 0 Å². The molecule has 0 aromatic heterocycles. The summed E-state index contributed by atoms with van der Waals surface area (Å²) < 4.78 is 5.82. The number of hydrogen-bond acceptors (Lipinski definition) is 2. The first-order valence-electron chi connectivity index (χ1n) is 7.84. The van der Waals surface area contributed by atoms with E-state index in [1.807, 2.05) is 0 Å². The molecule has 0 amide bonds. The lowest BCUT2D eigenvalue weighted by atomic mass is 9.89. The predicted molar refractivity (Wildman–Crippen MR) is 78.7 cm³/mol. The van der Waals surface area contributed by atoms with E-state index < -0.39 is 0 Å². The van der Waals surface area contributed by atoms with Crippen molar-refractivity contribution in [3.05, 3.63) is 29.8 Å². The van der Waals surface area contributed by atoms with Crippen molar-refractivity contribution in [1.82, 2.24) is 5.32 Å². The van der Waals surface area contributed by atoms with Crippen molar-refractivity contribution in [2.75, 3.05) is 13.1 Å². The Morgan fingerprint density at radius 2 is 1.89 bits per heavy atom. The van der Waals surface area contributed by atoms with E-state index in [0.29, 0.717) is 6.10 Å². The fourth-order valence-corrected chi connectivity index (χ4v) is 3.22. The highest BCUT2D eigenvalue weighted by molar-refractivity contribution is 5.30. The third-order valence-corrected chi connectivity index (χ3v) is 4.45. The summed E-state index contributed by atoms with van der Waals surface area (Å²) in [6.07, 6.45) is 7.06. The van der Waals surface area contributed by atoms with Gasteiger partial charge in [0.15, 0.2) is 0 Å². The van der Waals surface area contributed by atoms with Crippen LogP contribution in [0.25, 0.3) is 0 Å². The molecule has 0 bridgehead atoms. The lowest BCUT2D eigenvalue weighted by Crippen LogP contribution is -2.24. The number of nitrogens with one attached hydrogen (secondary N) is 1. The number of hydrogen-bond donors (Lipinski definition) is 1. The Labute approximate surface area is 116 Å². The number of rotatable bonds is 6. The Kier molecular flexibility index (Phi) is 4.07. The molecule has 2 aliphatic carbocycles. The summed E-state index contributed by atoms with van der Waals surface area (Å²) in [5, 5.41) is 3.51. The van der Waals surface area contributed by atoms with Crippen molar-refractivity contribution in [1.29, 1.82) is 0 Å². The monoisotopic (exact) mass is 259 g/mol. The van der Waals surface area contributed by atoms with Crippen LogP contribution in [0.15, 0.2) is 24.3 Å². The van der Waals surface area contributed by atoms with Gasteiger partial charge in [-0.1, -0.05) is 25.5 Å². The molecule has 2 nitrogen and oxygen atoms in total. The van der Waals surface area contributed by atoms with Gasteiger partial charge in [0, 0.05) is 0 Å². The quantitative estimate of drug-likeness (QED) is 0.840. The van der Waals surface area contributed by atoms with Gasteiger partial charge < -0.3 is 10.1 Å². The van der Waals surface area contributed by atoms with Gasteiger partial charge in [0.2, 0.25) is 0 Å². The molecule has 1 N–H and O–H groups in total. The average Bonchev–Trinajstić information content (AvgIpc) is 3.13. The van der Waals surface area contributed by atoms with E-state index in [-0.39, 0.29) is 0 Å². The SMILES string of the molecule is CCNCC1CCCC1c1ccc(OC2CC2)cc1. The zero-order valence-electron chi connectivity index (χ0n) is 11.9. The zero-order valence-corrected chi connectivity index (χ0v) is 11.9. The maximum Gasteiger partial charge on any atom is 0.119 e. The Morgan fingerprint density at radius 1 is 1.11 bits per heavy atom. The topological polar surface area (TPSA) is 21.3 Å². The second kappa shape index (κ2) is 5.96. The molecule has 3 rings (SSSR count). The first-order valence-corrected chi connectivity index (χ1v) is 7.84. The van der Waals surface area contributed by atoms with Gasteiger partial charge in [-0.25, -0.2) is 0 Å². The summed E-state index contributed by atoms with van der Waals surface area (Å²) in [7, 11) is 0. The molecule has 0 spiro atoms. The van der Waals surface area contributed by atoms with E-state index in [1.54, 1.807) is 0 Å². The minimum atomic E-state index is 0.499. The Hall–Kier alpha value is -1.02. The van der Waals surface area contributed by atoms with Crippen LogP contribution in [0.2, 0.25) is 0 Å². The molecule has 2 aliphatic rings. The van der Waals surface area contributed by atoms with Gasteiger partial charge >= 0.3 is 0 Å². The first-order chi connectivity index (χ1) is 9.36. The highest BCUT2D eigenvalue weighted by Gasteiger charge is 2.28. The van der Waals surface area contributed by atoms with Crippen molar-refractivity contribution in [2.45, 2.75) is 51.0 Å². The molecule has 0 saturated heterocycles. The van der Waals surface area contributed by atoms with E-state index in [2.05, 4.69) is 36.5 Å². The van der Waals surface area contributed by atoms with Crippen molar-refractivity contribution in [3.63, 3.8) is 0 Å². The molecule has 19 heavy (non-hydrogen) atoms. The van der Waals surface area contributed by atoms with E-state index in [1.165, 1.54) is 44.2 Å². The molecular formula is C17H25NO. The number of ether oxygens (including phenoxy) is 1. The van der Waals surface area contributed by atoms with Crippen LogP contribution in [0.5, 0.6) is 5.75 Å². The van der Waals surface area contributed by atoms with Crippen LogP contribution in [0.4, 0.5) is 0 Å². The molecule has 104 valence electrons. The van der Waals surface area contributed by atoms with Gasteiger partial charge in [-0.05, 0) is 68.3 Å². The Morgan fingerprint density at radius 3 is 2.58 bits per heavy atom. The van der Waals surface area contributed by atoms with Crippen molar-refractivity contribution in [3.8, 4) is 5.75 Å². The molecule has 0 aliphatic heterocycles. The molecule has 2 unspecified atom stereocenters. The second-order valence-electron chi connectivity index (χ2n) is 5.99. The van der Waals surface area contributed by atoms with Gasteiger partial charge in [0.1, 0.15) is 5.75 Å². The Bertz CT molecular complexity index is 396. The minimum Gasteiger partial charge on any atom is -0.490 e. The molecule has 2 heteroatoms. The van der Waals surface area contributed by atoms with Crippen LogP contribution in [-0.2, 0) is 0 Å². The summed E-state index contributed by atoms with van der Waals surface area (Å²) in [5.74, 6) is 2.61. The normalized spacial score (nSPS) is 26.6. The molecule has 2 fully saturated rings. The second-order valence-corrected chi connectivity index (χ2v) is 5.99. The van der Waals surface area contributed by atoms with E-state index in [4.69, 9.17) is 4.74 Å². The van der Waals surface area contributed by atoms with Crippen LogP contribution in [0.1, 0.15) is 50.5 Å². The number of benzene rings is 1. The van der Waals surface area contributed by atoms with Gasteiger partial charge in [-0.15, -0.1) is 0 Å². The molecule has 1 aromatic carbocycles. The van der Waals surface area contributed by atoms with Crippen molar-refractivity contribution in [2.24, 2.45) is 5.92 Å². The highest BCUT2D eigenvalue weighted by Crippen LogP contribution is 2.40. The summed E-state index contributed by atoms with van der Waals surface area (Å²) in [6.45, 7) is 4.44. The van der Waals surface area contributed by atoms with Crippen LogP contribution in [0, 0.1) is 5.92 Å². The van der Waals surface area contributed by atoms with Crippen molar-refractivity contribution < 1.29 is 4.74 Å². The summed E-state index contributed by atoms with van der Waals surface area (Å²) in [5.41, 5.74) is 1.50. The van der Waals surface area contributed by atoms with Gasteiger partial charge in [-0.3, -0.25) is 0 Å². The van der Waals surface area contributed by atoms with E-state index >= 15 is 0 Å². The smallest absolute Gasteiger partial charge is 0.119 e. The van der Waals surface area contributed by atoms with Crippen molar-refractivity contribution >= 4 is 0 Å². The third kappa shape index (κ3) is 3.30. The summed E-state index contributed by atoms with van der Waals surface area (Å²) in [4.78, 5) is 0. The maximum atomic E-state index is 5.82. The van der Waals surface area contributed by atoms with E-state index in [0.717, 1.165) is 24.1 Å². The van der Waals surface area contributed by atoms with Crippen LogP contribution in [-0.4, -0.2) is 19.2 Å². The molecule has 0 heterocycles. The molecule has 2 atom stereocenters. The van der Waals surface area contributed by atoms with Crippen LogP contribution < -0.4 is 10.1 Å². The molecule has 1 aromatic rings.